The van der Waals surface area contributed by atoms with Crippen molar-refractivity contribution in [1.82, 2.24) is 15.5 Å². The molecule has 1 aromatic rings. The van der Waals surface area contributed by atoms with Gasteiger partial charge < -0.3 is 15.5 Å². The molecule has 4 nitrogen and oxygen atoms in total. The quantitative estimate of drug-likeness (QED) is 0.356. The zero-order chi connectivity index (χ0) is 18.1. The number of unbranched alkanes of at least 4 members (excludes halogenated alkanes) is 1. The fourth-order valence-corrected chi connectivity index (χ4v) is 3.33. The molecule has 1 fully saturated rings. The molecular formula is C21H37IN4. The lowest BCUT2D eigenvalue weighted by atomic mass is 10.00. The van der Waals surface area contributed by atoms with E-state index in [4.69, 9.17) is 0 Å². The fourth-order valence-electron chi connectivity index (χ4n) is 3.33. The summed E-state index contributed by atoms with van der Waals surface area (Å²) >= 11 is 0. The second-order valence-corrected chi connectivity index (χ2v) is 7.38. The molecule has 0 aromatic heterocycles. The third kappa shape index (κ3) is 7.82. The number of guanidine groups is 1. The van der Waals surface area contributed by atoms with Crippen molar-refractivity contribution in [3.63, 3.8) is 0 Å². The Balaban J connectivity index is 0.00000338. The maximum Gasteiger partial charge on any atom is 0.191 e. The van der Waals surface area contributed by atoms with Crippen LogP contribution in [0.1, 0.15) is 56.6 Å². The number of aryl methyl sites for hydroxylation is 1. The summed E-state index contributed by atoms with van der Waals surface area (Å²) in [6.45, 7) is 11.2. The van der Waals surface area contributed by atoms with Crippen LogP contribution in [0.25, 0.3) is 0 Å². The van der Waals surface area contributed by atoms with Crippen LogP contribution < -0.4 is 10.6 Å². The number of halogens is 1. The van der Waals surface area contributed by atoms with Gasteiger partial charge in [-0.1, -0.05) is 50.1 Å². The summed E-state index contributed by atoms with van der Waals surface area (Å²) in [6.07, 6.45) is 5.02. The molecule has 0 saturated carbocycles. The van der Waals surface area contributed by atoms with Gasteiger partial charge in [0.1, 0.15) is 0 Å². The van der Waals surface area contributed by atoms with E-state index in [-0.39, 0.29) is 24.0 Å². The lowest BCUT2D eigenvalue weighted by Gasteiger charge is -2.33. The molecule has 1 aliphatic rings. The van der Waals surface area contributed by atoms with E-state index in [9.17, 15) is 0 Å². The summed E-state index contributed by atoms with van der Waals surface area (Å²) in [6, 6.07) is 9.36. The van der Waals surface area contributed by atoms with Gasteiger partial charge in [0, 0.05) is 32.7 Å². The minimum atomic E-state index is 0. The van der Waals surface area contributed by atoms with Crippen LogP contribution in [-0.4, -0.2) is 50.1 Å². The van der Waals surface area contributed by atoms with E-state index in [0.29, 0.717) is 12.0 Å². The van der Waals surface area contributed by atoms with Gasteiger partial charge in [0.25, 0.3) is 0 Å². The molecule has 0 aliphatic carbocycles. The summed E-state index contributed by atoms with van der Waals surface area (Å²) in [5.41, 5.74) is 2.68. The highest BCUT2D eigenvalue weighted by Crippen LogP contribution is 2.15. The normalized spacial score (nSPS) is 17.5. The predicted octanol–water partition coefficient (Wildman–Crippen LogP) is 4.15. The molecule has 1 heterocycles. The summed E-state index contributed by atoms with van der Waals surface area (Å²) < 4.78 is 0. The highest BCUT2D eigenvalue weighted by molar-refractivity contribution is 14.0. The van der Waals surface area contributed by atoms with Gasteiger partial charge in [-0.3, -0.25) is 4.99 Å². The summed E-state index contributed by atoms with van der Waals surface area (Å²) in [4.78, 5) is 7.01. The first-order valence-electron chi connectivity index (χ1n) is 9.88. The van der Waals surface area contributed by atoms with Crippen LogP contribution in [-0.2, 0) is 0 Å². The van der Waals surface area contributed by atoms with Crippen LogP contribution >= 0.6 is 24.0 Å². The number of rotatable bonds is 7. The zero-order valence-corrected chi connectivity index (χ0v) is 19.3. The smallest absolute Gasteiger partial charge is 0.191 e. The molecule has 2 rings (SSSR count). The van der Waals surface area contributed by atoms with Crippen LogP contribution in [0.4, 0.5) is 0 Å². The van der Waals surface area contributed by atoms with E-state index in [2.05, 4.69) is 65.6 Å². The molecule has 148 valence electrons. The Kier molecular flexibility index (Phi) is 11.2. The monoisotopic (exact) mass is 472 g/mol. The number of nitrogens with zero attached hydrogens (tertiary/aromatic N) is 2. The minimum Gasteiger partial charge on any atom is -0.356 e. The second kappa shape index (κ2) is 12.5. The molecule has 1 aromatic carbocycles. The van der Waals surface area contributed by atoms with Gasteiger partial charge in [-0.05, 0) is 44.2 Å². The largest absolute Gasteiger partial charge is 0.356 e. The number of benzene rings is 1. The molecule has 1 unspecified atom stereocenters. The molecule has 0 bridgehead atoms. The standard InChI is InChI=1S/C21H36N4.HI/c1-5-6-13-25-14-11-20(12-15-25)24-21(22-4)23-16-18(3)19-9-7-17(2)8-10-19;/h7-10,18,20H,5-6,11-16H2,1-4H3,(H2,22,23,24);1H. The lowest BCUT2D eigenvalue weighted by Crippen LogP contribution is -2.49. The van der Waals surface area contributed by atoms with Crippen molar-refractivity contribution in [3.8, 4) is 0 Å². The van der Waals surface area contributed by atoms with Gasteiger partial charge in [0.15, 0.2) is 5.96 Å². The van der Waals surface area contributed by atoms with Gasteiger partial charge in [-0.2, -0.15) is 0 Å². The zero-order valence-electron chi connectivity index (χ0n) is 16.9. The third-order valence-electron chi connectivity index (χ3n) is 5.20. The summed E-state index contributed by atoms with van der Waals surface area (Å²) in [5.74, 6) is 1.40. The van der Waals surface area contributed by atoms with E-state index in [1.165, 1.54) is 56.4 Å². The third-order valence-corrected chi connectivity index (χ3v) is 5.20. The molecule has 0 amide bonds. The van der Waals surface area contributed by atoms with Gasteiger partial charge in [0.2, 0.25) is 0 Å². The Labute approximate surface area is 177 Å². The summed E-state index contributed by atoms with van der Waals surface area (Å²) in [7, 11) is 1.86. The minimum absolute atomic E-state index is 0. The molecule has 0 spiro atoms. The molecular weight excluding hydrogens is 435 g/mol. The maximum atomic E-state index is 4.41. The summed E-state index contributed by atoms with van der Waals surface area (Å²) in [5, 5.41) is 7.11. The Morgan fingerprint density at radius 3 is 2.46 bits per heavy atom. The van der Waals surface area contributed by atoms with Gasteiger partial charge in [-0.15, -0.1) is 24.0 Å². The molecule has 1 atom stereocenters. The first-order chi connectivity index (χ1) is 12.1. The topological polar surface area (TPSA) is 39.7 Å². The van der Waals surface area contributed by atoms with Crippen LogP contribution in [0.3, 0.4) is 0 Å². The van der Waals surface area contributed by atoms with Crippen LogP contribution in [0.15, 0.2) is 29.3 Å². The van der Waals surface area contributed by atoms with Crippen molar-refractivity contribution in [2.45, 2.75) is 58.4 Å². The molecule has 1 aliphatic heterocycles. The first-order valence-corrected chi connectivity index (χ1v) is 9.88. The molecule has 1 saturated heterocycles. The van der Waals surface area contributed by atoms with Crippen LogP contribution in [0.5, 0.6) is 0 Å². The highest BCUT2D eigenvalue weighted by atomic mass is 127. The van der Waals surface area contributed by atoms with Crippen molar-refractivity contribution in [2.75, 3.05) is 33.2 Å². The Morgan fingerprint density at radius 1 is 1.23 bits per heavy atom. The average molecular weight is 472 g/mol. The molecule has 2 N–H and O–H groups in total. The highest BCUT2D eigenvalue weighted by Gasteiger charge is 2.19. The first kappa shape index (κ1) is 23.2. The number of aliphatic imine (C=N–C) groups is 1. The fraction of sp³-hybridized carbons (Fsp3) is 0.667. The van der Waals surface area contributed by atoms with Crippen LogP contribution in [0.2, 0.25) is 0 Å². The molecule has 26 heavy (non-hydrogen) atoms. The molecule has 5 heteroatoms. The van der Waals surface area contributed by atoms with Crippen molar-refractivity contribution < 1.29 is 0 Å². The van der Waals surface area contributed by atoms with Gasteiger partial charge in [-0.25, -0.2) is 0 Å². The van der Waals surface area contributed by atoms with Crippen molar-refractivity contribution in [3.05, 3.63) is 35.4 Å². The van der Waals surface area contributed by atoms with Gasteiger partial charge >= 0.3 is 0 Å². The van der Waals surface area contributed by atoms with Crippen molar-refractivity contribution in [1.29, 1.82) is 0 Å². The lowest BCUT2D eigenvalue weighted by molar-refractivity contribution is 0.203. The number of hydrogen-bond donors (Lipinski definition) is 2. The van der Waals surface area contributed by atoms with Crippen molar-refractivity contribution >= 4 is 29.9 Å². The number of hydrogen-bond acceptors (Lipinski definition) is 2. The Hall–Kier alpha value is -0.820. The van der Waals surface area contributed by atoms with Gasteiger partial charge in [0.05, 0.1) is 0 Å². The average Bonchev–Trinajstić information content (AvgIpc) is 2.64. The maximum absolute atomic E-state index is 4.41. The van der Waals surface area contributed by atoms with E-state index < -0.39 is 0 Å². The van der Waals surface area contributed by atoms with Crippen LogP contribution in [0, 0.1) is 6.92 Å². The molecule has 0 radical (unpaired) electrons. The predicted molar refractivity (Wildman–Crippen MR) is 124 cm³/mol. The van der Waals surface area contributed by atoms with E-state index in [0.717, 1.165) is 12.5 Å². The Bertz CT molecular complexity index is 521. The SMILES string of the molecule is CCCCN1CCC(NC(=NC)NCC(C)c2ccc(C)cc2)CC1.I. The van der Waals surface area contributed by atoms with E-state index >= 15 is 0 Å². The van der Waals surface area contributed by atoms with E-state index in [1.807, 2.05) is 7.05 Å². The second-order valence-electron chi connectivity index (χ2n) is 7.38. The van der Waals surface area contributed by atoms with E-state index in [1.54, 1.807) is 0 Å². The number of likely N-dealkylation sites (tertiary alicyclic amines) is 1. The Morgan fingerprint density at radius 2 is 1.88 bits per heavy atom. The number of nitrogens with one attached hydrogen (secondary N) is 2. The number of piperidine rings is 1. The van der Waals surface area contributed by atoms with Crippen molar-refractivity contribution in [2.24, 2.45) is 4.99 Å².